The van der Waals surface area contributed by atoms with Gasteiger partial charge < -0.3 is 19.5 Å². The van der Waals surface area contributed by atoms with Gasteiger partial charge in [-0.3, -0.25) is 0 Å². The van der Waals surface area contributed by atoms with E-state index in [1.54, 1.807) is 0 Å². The van der Waals surface area contributed by atoms with E-state index in [2.05, 4.69) is 114 Å². The summed E-state index contributed by atoms with van der Waals surface area (Å²) < 4.78 is 6.88. The van der Waals surface area contributed by atoms with E-state index in [-0.39, 0.29) is 5.92 Å². The molecule has 0 bridgehead atoms. The fraction of sp³-hybridized carbons (Fsp3) is 0.500. The van der Waals surface area contributed by atoms with Crippen LogP contribution in [0.15, 0.2) is 82.6 Å². The van der Waals surface area contributed by atoms with Gasteiger partial charge in [0.1, 0.15) is 5.69 Å². The number of rotatable bonds is 12. The largest absolute Gasteiger partial charge is 0.424 e. The molecule has 1 saturated carbocycles. The second-order valence-electron chi connectivity index (χ2n) is 13.5. The SMILES string of the molecule is CC1CCCN(c2oc(C(CNc3ccccc3)CC3CCC(C(c4cccs4)N(C)C)CC3)nc2Cc2ccccc2)C1. The molecular formula is C38H50N4OS. The van der Waals surface area contributed by atoms with Crippen molar-refractivity contribution >= 4 is 22.9 Å². The zero-order valence-electron chi connectivity index (χ0n) is 26.8. The van der Waals surface area contributed by atoms with Crippen LogP contribution in [0.25, 0.3) is 0 Å². The summed E-state index contributed by atoms with van der Waals surface area (Å²) >= 11 is 1.91. The third kappa shape index (κ3) is 7.76. The highest BCUT2D eigenvalue weighted by Gasteiger charge is 2.33. The van der Waals surface area contributed by atoms with Crippen LogP contribution >= 0.6 is 11.3 Å². The lowest BCUT2D eigenvalue weighted by Crippen LogP contribution is -2.34. The van der Waals surface area contributed by atoms with E-state index in [9.17, 15) is 0 Å². The van der Waals surface area contributed by atoms with Crippen molar-refractivity contribution in [2.45, 2.75) is 70.3 Å². The van der Waals surface area contributed by atoms with Gasteiger partial charge in [-0.05, 0) is 93.1 Å². The molecule has 4 aromatic rings. The maximum atomic E-state index is 6.88. The topological polar surface area (TPSA) is 44.5 Å². The van der Waals surface area contributed by atoms with Crippen LogP contribution < -0.4 is 10.2 Å². The normalized spacial score (nSPS) is 22.2. The van der Waals surface area contributed by atoms with Gasteiger partial charge in [0, 0.05) is 42.7 Å². The molecule has 1 aliphatic carbocycles. The molecule has 2 fully saturated rings. The second kappa shape index (κ2) is 14.8. The van der Waals surface area contributed by atoms with E-state index in [0.29, 0.717) is 23.8 Å². The Labute approximate surface area is 268 Å². The molecule has 3 atom stereocenters. The molecule has 0 radical (unpaired) electrons. The van der Waals surface area contributed by atoms with Gasteiger partial charge in [-0.15, -0.1) is 11.3 Å². The molecule has 1 N–H and O–H groups in total. The highest BCUT2D eigenvalue weighted by atomic mass is 32.1. The molecule has 3 heterocycles. The summed E-state index contributed by atoms with van der Waals surface area (Å²) in [5.74, 6) is 4.22. The Bertz CT molecular complexity index is 1400. The maximum Gasteiger partial charge on any atom is 0.219 e. The number of benzene rings is 2. The number of hydrogen-bond acceptors (Lipinski definition) is 6. The van der Waals surface area contributed by atoms with Gasteiger partial charge >= 0.3 is 0 Å². The van der Waals surface area contributed by atoms with Crippen LogP contribution in [0.4, 0.5) is 11.6 Å². The third-order valence-corrected chi connectivity index (χ3v) is 10.8. The van der Waals surface area contributed by atoms with Crippen molar-refractivity contribution in [3.05, 3.63) is 100 Å². The smallest absolute Gasteiger partial charge is 0.219 e. The zero-order valence-corrected chi connectivity index (χ0v) is 27.6. The van der Waals surface area contributed by atoms with Crippen molar-refractivity contribution in [3.8, 4) is 0 Å². The average Bonchev–Trinajstić information content (AvgIpc) is 3.72. The van der Waals surface area contributed by atoms with Gasteiger partial charge in [0.05, 0.1) is 5.92 Å². The number of hydrogen-bond donors (Lipinski definition) is 1. The van der Waals surface area contributed by atoms with Crippen LogP contribution in [0.2, 0.25) is 0 Å². The van der Waals surface area contributed by atoms with Gasteiger partial charge in [-0.2, -0.15) is 0 Å². The number of anilines is 2. The number of para-hydroxylation sites is 1. The standard InChI is InChI=1S/C38H50N4OS/c1-28-12-10-22-42(27-28)38-34(25-29-13-6-4-7-14-29)40-37(43-38)32(26-39-33-15-8-5-9-16-33)24-30-18-20-31(21-19-30)36(41(2)3)35-17-11-23-44-35/h4-9,11,13-17,23,28,30-32,36,39H,10,12,18-22,24-27H2,1-3H3. The van der Waals surface area contributed by atoms with E-state index in [0.717, 1.165) is 55.6 Å². The van der Waals surface area contributed by atoms with Crippen LogP contribution in [0.5, 0.6) is 0 Å². The molecule has 6 rings (SSSR count). The molecule has 0 amide bonds. The molecule has 2 aromatic carbocycles. The van der Waals surface area contributed by atoms with Crippen LogP contribution in [-0.4, -0.2) is 43.6 Å². The number of oxazole rings is 1. The van der Waals surface area contributed by atoms with Crippen LogP contribution in [0.3, 0.4) is 0 Å². The van der Waals surface area contributed by atoms with E-state index in [1.807, 2.05) is 11.3 Å². The Kier molecular flexibility index (Phi) is 10.4. The minimum Gasteiger partial charge on any atom is -0.424 e. The maximum absolute atomic E-state index is 6.88. The van der Waals surface area contributed by atoms with E-state index in [1.165, 1.54) is 49.0 Å². The number of thiophene rings is 1. The Morgan fingerprint density at radius 1 is 0.955 bits per heavy atom. The summed E-state index contributed by atoms with van der Waals surface area (Å²) in [7, 11) is 4.50. The zero-order chi connectivity index (χ0) is 30.3. The van der Waals surface area contributed by atoms with Crippen LogP contribution in [0.1, 0.15) is 85.9 Å². The second-order valence-corrected chi connectivity index (χ2v) is 14.5. The van der Waals surface area contributed by atoms with E-state index >= 15 is 0 Å². The van der Waals surface area contributed by atoms with Gasteiger partial charge in [0.25, 0.3) is 0 Å². The molecule has 0 spiro atoms. The predicted molar refractivity (Wildman–Crippen MR) is 185 cm³/mol. The van der Waals surface area contributed by atoms with Crippen molar-refractivity contribution in [1.82, 2.24) is 9.88 Å². The van der Waals surface area contributed by atoms with Crippen molar-refractivity contribution in [1.29, 1.82) is 0 Å². The van der Waals surface area contributed by atoms with Crippen molar-refractivity contribution in [2.24, 2.45) is 17.8 Å². The molecule has 1 saturated heterocycles. The molecular weight excluding hydrogens is 561 g/mol. The first-order chi connectivity index (χ1) is 21.5. The molecule has 44 heavy (non-hydrogen) atoms. The van der Waals surface area contributed by atoms with Crippen LogP contribution in [0, 0.1) is 17.8 Å². The van der Waals surface area contributed by atoms with Gasteiger partial charge in [0.15, 0.2) is 0 Å². The summed E-state index contributed by atoms with van der Waals surface area (Å²) in [5, 5.41) is 5.96. The summed E-state index contributed by atoms with van der Waals surface area (Å²) in [5.41, 5.74) is 3.54. The number of nitrogens with zero attached hydrogens (tertiary/aromatic N) is 3. The first-order valence-electron chi connectivity index (χ1n) is 16.8. The van der Waals surface area contributed by atoms with E-state index < -0.39 is 0 Å². The lowest BCUT2D eigenvalue weighted by Gasteiger charge is -2.37. The van der Waals surface area contributed by atoms with Gasteiger partial charge in [-0.1, -0.05) is 74.4 Å². The molecule has 234 valence electrons. The van der Waals surface area contributed by atoms with Gasteiger partial charge in [0.2, 0.25) is 11.8 Å². The quantitative estimate of drug-likeness (QED) is 0.173. The molecule has 2 aliphatic rings. The first kappa shape index (κ1) is 30.9. The van der Waals surface area contributed by atoms with Gasteiger partial charge in [-0.25, -0.2) is 4.98 Å². The number of nitrogens with one attached hydrogen (secondary N) is 1. The van der Waals surface area contributed by atoms with Crippen molar-refractivity contribution in [2.75, 3.05) is 43.9 Å². The molecule has 1 aliphatic heterocycles. The highest BCUT2D eigenvalue weighted by Crippen LogP contribution is 2.43. The molecule has 5 nitrogen and oxygen atoms in total. The summed E-state index contributed by atoms with van der Waals surface area (Å²) in [4.78, 5) is 11.8. The minimum absolute atomic E-state index is 0.226. The van der Waals surface area contributed by atoms with E-state index in [4.69, 9.17) is 9.40 Å². The molecule has 3 unspecified atom stereocenters. The average molecular weight is 611 g/mol. The summed E-state index contributed by atoms with van der Waals surface area (Å²) in [6.45, 7) is 5.29. The lowest BCUT2D eigenvalue weighted by atomic mass is 9.75. The highest BCUT2D eigenvalue weighted by molar-refractivity contribution is 7.10. The van der Waals surface area contributed by atoms with Crippen molar-refractivity contribution < 1.29 is 4.42 Å². The fourth-order valence-electron chi connectivity index (χ4n) is 7.64. The first-order valence-corrected chi connectivity index (χ1v) is 17.7. The van der Waals surface area contributed by atoms with Crippen molar-refractivity contribution in [3.63, 3.8) is 0 Å². The molecule has 6 heteroatoms. The van der Waals surface area contributed by atoms with Crippen LogP contribution in [-0.2, 0) is 6.42 Å². The minimum atomic E-state index is 0.226. The number of piperidine rings is 1. The fourth-order valence-corrected chi connectivity index (χ4v) is 8.65. The summed E-state index contributed by atoms with van der Waals surface area (Å²) in [6, 6.07) is 26.4. The Balaban J connectivity index is 1.22. The summed E-state index contributed by atoms with van der Waals surface area (Å²) in [6.07, 6.45) is 9.54. The Hall–Kier alpha value is -3.09. The predicted octanol–water partition coefficient (Wildman–Crippen LogP) is 9.26. The monoisotopic (exact) mass is 610 g/mol. The third-order valence-electron chi connectivity index (χ3n) is 9.87. The molecule has 2 aromatic heterocycles. The Morgan fingerprint density at radius 3 is 2.39 bits per heavy atom. The lowest BCUT2D eigenvalue weighted by molar-refractivity contribution is 0.145. The number of aromatic nitrogens is 1. The Morgan fingerprint density at radius 2 is 1.70 bits per heavy atom.